The van der Waals surface area contributed by atoms with Crippen LogP contribution in [0.5, 0.6) is 0 Å². The van der Waals surface area contributed by atoms with Crippen LogP contribution >= 0.6 is 0 Å². The van der Waals surface area contributed by atoms with Crippen LogP contribution in [0.2, 0.25) is 0 Å². The zero-order valence-corrected chi connectivity index (χ0v) is 14.0. The summed E-state index contributed by atoms with van der Waals surface area (Å²) < 4.78 is 0. The van der Waals surface area contributed by atoms with E-state index in [0.29, 0.717) is 0 Å². The number of rotatable bonds is 3. The van der Waals surface area contributed by atoms with E-state index >= 15 is 0 Å². The Balaban J connectivity index is 2.39. The van der Waals surface area contributed by atoms with Gasteiger partial charge in [0.2, 0.25) is 5.91 Å². The van der Waals surface area contributed by atoms with Crippen molar-refractivity contribution in [3.63, 3.8) is 0 Å². The summed E-state index contributed by atoms with van der Waals surface area (Å²) in [5.41, 5.74) is 3.59. The molecule has 0 saturated carbocycles. The molecule has 0 spiro atoms. The molecule has 1 N–H and O–H groups in total. The topological polar surface area (TPSA) is 32.3 Å². The summed E-state index contributed by atoms with van der Waals surface area (Å²) in [6.45, 7) is 11.4. The number of benzene rings is 1. The van der Waals surface area contributed by atoms with E-state index in [2.05, 4.69) is 58.1 Å². The third-order valence-electron chi connectivity index (χ3n) is 3.91. The van der Waals surface area contributed by atoms with E-state index in [0.717, 1.165) is 31.5 Å². The molecule has 0 unspecified atom stereocenters. The van der Waals surface area contributed by atoms with Gasteiger partial charge in [0.15, 0.2) is 0 Å². The lowest BCUT2D eigenvalue weighted by Gasteiger charge is -2.31. The molecule has 1 aromatic carbocycles. The van der Waals surface area contributed by atoms with E-state index in [-0.39, 0.29) is 17.5 Å². The molecule has 1 amide bonds. The number of anilines is 1. The molecule has 21 heavy (non-hydrogen) atoms. The first-order valence-electron chi connectivity index (χ1n) is 8.01. The van der Waals surface area contributed by atoms with E-state index in [1.165, 1.54) is 11.1 Å². The van der Waals surface area contributed by atoms with E-state index in [1.807, 2.05) is 4.90 Å². The zero-order valence-electron chi connectivity index (χ0n) is 14.0. The molecule has 0 bridgehead atoms. The number of nitrogens with zero attached hydrogens (tertiary/aromatic N) is 1. The Kier molecular flexibility index (Phi) is 4.72. The van der Waals surface area contributed by atoms with E-state index < -0.39 is 0 Å². The first-order chi connectivity index (χ1) is 9.83. The Labute approximate surface area is 128 Å². The maximum atomic E-state index is 13.0. The third kappa shape index (κ3) is 3.65. The fourth-order valence-electron chi connectivity index (χ4n) is 3.13. The summed E-state index contributed by atoms with van der Waals surface area (Å²) in [7, 11) is 0. The first-order valence-corrected chi connectivity index (χ1v) is 8.01. The predicted molar refractivity (Wildman–Crippen MR) is 88.8 cm³/mol. The van der Waals surface area contributed by atoms with Crippen LogP contribution in [0, 0.1) is 6.92 Å². The van der Waals surface area contributed by atoms with Gasteiger partial charge < -0.3 is 10.2 Å². The SMILES string of the molecule is CCCN1C(=O)[C@@H](NC(C)(C)C)CCc2cccc(C)c21. The van der Waals surface area contributed by atoms with Crippen molar-refractivity contribution < 1.29 is 4.79 Å². The fourth-order valence-corrected chi connectivity index (χ4v) is 3.13. The quantitative estimate of drug-likeness (QED) is 0.924. The normalized spacial score (nSPS) is 19.4. The monoisotopic (exact) mass is 288 g/mol. The van der Waals surface area contributed by atoms with Gasteiger partial charge in [0, 0.05) is 17.8 Å². The lowest BCUT2D eigenvalue weighted by atomic mass is 10.0. The summed E-state index contributed by atoms with van der Waals surface area (Å²) in [4.78, 5) is 15.0. The molecule has 2 rings (SSSR count). The minimum Gasteiger partial charge on any atom is -0.311 e. The molecule has 1 aliphatic rings. The maximum absolute atomic E-state index is 13.0. The Morgan fingerprint density at radius 3 is 2.67 bits per heavy atom. The Hall–Kier alpha value is -1.35. The smallest absolute Gasteiger partial charge is 0.244 e. The summed E-state index contributed by atoms with van der Waals surface area (Å²) >= 11 is 0. The molecule has 0 radical (unpaired) electrons. The van der Waals surface area contributed by atoms with Crippen LogP contribution in [-0.2, 0) is 11.2 Å². The van der Waals surface area contributed by atoms with E-state index in [9.17, 15) is 4.79 Å². The van der Waals surface area contributed by atoms with Gasteiger partial charge in [-0.3, -0.25) is 4.79 Å². The molecule has 1 heterocycles. The maximum Gasteiger partial charge on any atom is 0.244 e. The summed E-state index contributed by atoms with van der Waals surface area (Å²) in [5, 5.41) is 3.50. The number of para-hydroxylation sites is 1. The molecular weight excluding hydrogens is 260 g/mol. The molecule has 0 saturated heterocycles. The van der Waals surface area contributed by atoms with Crippen molar-refractivity contribution in [2.24, 2.45) is 0 Å². The molecule has 116 valence electrons. The van der Waals surface area contributed by atoms with Crippen LogP contribution in [0.1, 0.15) is 51.7 Å². The number of carbonyl (C=O) groups excluding carboxylic acids is 1. The summed E-state index contributed by atoms with van der Waals surface area (Å²) in [5.74, 6) is 0.222. The van der Waals surface area contributed by atoms with Crippen LogP contribution < -0.4 is 10.2 Å². The second-order valence-corrected chi connectivity index (χ2v) is 7.06. The van der Waals surface area contributed by atoms with Crippen molar-refractivity contribution in [1.29, 1.82) is 0 Å². The van der Waals surface area contributed by atoms with Crippen LogP contribution in [0.15, 0.2) is 18.2 Å². The molecule has 1 aliphatic heterocycles. The van der Waals surface area contributed by atoms with Crippen LogP contribution in [0.4, 0.5) is 5.69 Å². The first kappa shape index (κ1) is 16.0. The lowest BCUT2D eigenvalue weighted by molar-refractivity contribution is -0.121. The molecular formula is C18H28N2O. The Morgan fingerprint density at radius 1 is 1.33 bits per heavy atom. The van der Waals surface area contributed by atoms with E-state index in [1.54, 1.807) is 0 Å². The van der Waals surface area contributed by atoms with Crippen molar-refractivity contribution in [3.8, 4) is 0 Å². The summed E-state index contributed by atoms with van der Waals surface area (Å²) in [6, 6.07) is 6.27. The summed E-state index contributed by atoms with van der Waals surface area (Å²) in [6.07, 6.45) is 2.80. The largest absolute Gasteiger partial charge is 0.311 e. The number of hydrogen-bond donors (Lipinski definition) is 1. The number of hydrogen-bond acceptors (Lipinski definition) is 2. The fraction of sp³-hybridized carbons (Fsp3) is 0.611. The number of aryl methyl sites for hydroxylation is 2. The second kappa shape index (κ2) is 6.18. The number of amides is 1. The van der Waals surface area contributed by atoms with Crippen LogP contribution in [-0.4, -0.2) is 24.0 Å². The van der Waals surface area contributed by atoms with Gasteiger partial charge in [-0.25, -0.2) is 0 Å². The van der Waals surface area contributed by atoms with Crippen molar-refractivity contribution in [3.05, 3.63) is 29.3 Å². The van der Waals surface area contributed by atoms with Gasteiger partial charge in [-0.15, -0.1) is 0 Å². The molecule has 1 atom stereocenters. The minimum absolute atomic E-state index is 0.0518. The van der Waals surface area contributed by atoms with Gasteiger partial charge in [-0.1, -0.05) is 25.1 Å². The van der Waals surface area contributed by atoms with Gasteiger partial charge in [-0.05, 0) is 58.1 Å². The van der Waals surface area contributed by atoms with Crippen LogP contribution in [0.3, 0.4) is 0 Å². The van der Waals surface area contributed by atoms with Gasteiger partial charge in [-0.2, -0.15) is 0 Å². The number of fused-ring (bicyclic) bond motifs is 1. The molecule has 0 aliphatic carbocycles. The molecule has 3 nitrogen and oxygen atoms in total. The van der Waals surface area contributed by atoms with Crippen molar-refractivity contribution >= 4 is 11.6 Å². The average Bonchev–Trinajstić information content (AvgIpc) is 2.50. The number of nitrogens with one attached hydrogen (secondary N) is 1. The zero-order chi connectivity index (χ0) is 15.6. The van der Waals surface area contributed by atoms with Gasteiger partial charge in [0.05, 0.1) is 6.04 Å². The van der Waals surface area contributed by atoms with Gasteiger partial charge in [0.25, 0.3) is 0 Å². The Bertz CT molecular complexity index is 516. The molecule has 0 aromatic heterocycles. The average molecular weight is 288 g/mol. The highest BCUT2D eigenvalue weighted by molar-refractivity contribution is 5.99. The third-order valence-corrected chi connectivity index (χ3v) is 3.91. The van der Waals surface area contributed by atoms with Gasteiger partial charge in [0.1, 0.15) is 0 Å². The van der Waals surface area contributed by atoms with Gasteiger partial charge >= 0.3 is 0 Å². The van der Waals surface area contributed by atoms with Crippen molar-refractivity contribution in [2.45, 2.75) is 65.5 Å². The standard InChI is InChI=1S/C18H28N2O/c1-6-12-20-16-13(2)8-7-9-14(16)10-11-15(17(20)21)19-18(3,4)5/h7-9,15,19H,6,10-12H2,1-5H3/t15-/m0/s1. The molecule has 1 aromatic rings. The molecule has 0 fully saturated rings. The highest BCUT2D eigenvalue weighted by Gasteiger charge is 2.32. The highest BCUT2D eigenvalue weighted by Crippen LogP contribution is 2.31. The van der Waals surface area contributed by atoms with Crippen LogP contribution in [0.25, 0.3) is 0 Å². The predicted octanol–water partition coefficient (Wildman–Crippen LogP) is 3.44. The minimum atomic E-state index is -0.0941. The van der Waals surface area contributed by atoms with E-state index in [4.69, 9.17) is 0 Å². The highest BCUT2D eigenvalue weighted by atomic mass is 16.2. The Morgan fingerprint density at radius 2 is 2.05 bits per heavy atom. The molecule has 3 heteroatoms. The lowest BCUT2D eigenvalue weighted by Crippen LogP contribution is -2.52. The number of carbonyl (C=O) groups is 1. The second-order valence-electron chi connectivity index (χ2n) is 7.06. The van der Waals surface area contributed by atoms with Crippen molar-refractivity contribution in [2.75, 3.05) is 11.4 Å². The van der Waals surface area contributed by atoms with Crippen molar-refractivity contribution in [1.82, 2.24) is 5.32 Å².